The molecule has 1 aliphatic rings. The number of benzene rings is 2. The number of nitrogens with zero attached hydrogens (tertiary/aromatic N) is 3. The van der Waals surface area contributed by atoms with E-state index in [0.717, 1.165) is 29.3 Å². The largest absolute Gasteiger partial charge is 0.437 e. The highest BCUT2D eigenvalue weighted by molar-refractivity contribution is 6.33. The molecule has 0 unspecified atom stereocenters. The van der Waals surface area contributed by atoms with Crippen LogP contribution in [0.15, 0.2) is 59.0 Å². The van der Waals surface area contributed by atoms with Crippen LogP contribution in [0.5, 0.6) is 0 Å². The van der Waals surface area contributed by atoms with Crippen LogP contribution in [0.25, 0.3) is 17.2 Å². The molecule has 1 amide bonds. The number of carbonyl (C=O) groups is 1. The number of halogens is 1. The normalized spacial score (nSPS) is 15.1. The van der Waals surface area contributed by atoms with E-state index in [4.69, 9.17) is 16.0 Å². The first kappa shape index (κ1) is 16.7. The Morgan fingerprint density at radius 3 is 2.54 bits per heavy atom. The molecule has 6 heteroatoms. The lowest BCUT2D eigenvalue weighted by Crippen LogP contribution is -2.48. The fraction of sp³-hybridized carbons (Fsp3) is 0.200. The second kappa shape index (κ2) is 7.22. The van der Waals surface area contributed by atoms with E-state index in [1.807, 2.05) is 53.4 Å². The van der Waals surface area contributed by atoms with Crippen molar-refractivity contribution in [2.75, 3.05) is 31.1 Å². The van der Waals surface area contributed by atoms with Gasteiger partial charge in [0.1, 0.15) is 5.52 Å². The Labute approximate surface area is 156 Å². The summed E-state index contributed by atoms with van der Waals surface area (Å²) in [6.07, 6.45) is 3.15. The Balaban J connectivity index is 1.38. The van der Waals surface area contributed by atoms with Crippen LogP contribution in [-0.4, -0.2) is 42.0 Å². The molecule has 26 heavy (non-hydrogen) atoms. The number of aromatic nitrogens is 1. The Morgan fingerprint density at radius 2 is 1.77 bits per heavy atom. The maximum atomic E-state index is 12.4. The van der Waals surface area contributed by atoms with E-state index in [1.54, 1.807) is 6.08 Å². The fourth-order valence-corrected chi connectivity index (χ4v) is 3.34. The predicted molar refractivity (Wildman–Crippen MR) is 103 cm³/mol. The third-order valence-corrected chi connectivity index (χ3v) is 4.78. The van der Waals surface area contributed by atoms with Crippen LogP contribution in [0, 0.1) is 0 Å². The molecule has 132 valence electrons. The van der Waals surface area contributed by atoms with E-state index in [0.29, 0.717) is 24.6 Å². The number of para-hydroxylation sites is 3. The van der Waals surface area contributed by atoms with Crippen LogP contribution in [0.1, 0.15) is 5.89 Å². The zero-order valence-electron chi connectivity index (χ0n) is 14.1. The minimum Gasteiger partial charge on any atom is -0.437 e. The van der Waals surface area contributed by atoms with E-state index < -0.39 is 0 Å². The molecule has 1 aliphatic heterocycles. The monoisotopic (exact) mass is 367 g/mol. The zero-order valence-corrected chi connectivity index (χ0v) is 14.9. The summed E-state index contributed by atoms with van der Waals surface area (Å²) in [4.78, 5) is 20.8. The number of oxazole rings is 1. The van der Waals surface area contributed by atoms with E-state index in [1.165, 1.54) is 6.08 Å². The van der Waals surface area contributed by atoms with Crippen molar-refractivity contribution >= 4 is 40.4 Å². The summed E-state index contributed by atoms with van der Waals surface area (Å²) in [6.45, 7) is 2.82. The van der Waals surface area contributed by atoms with Gasteiger partial charge >= 0.3 is 0 Å². The molecule has 2 heterocycles. The number of piperazine rings is 1. The van der Waals surface area contributed by atoms with Gasteiger partial charge in [0.25, 0.3) is 0 Å². The van der Waals surface area contributed by atoms with Gasteiger partial charge in [-0.25, -0.2) is 4.98 Å². The van der Waals surface area contributed by atoms with Crippen LogP contribution in [-0.2, 0) is 4.79 Å². The molecule has 5 nitrogen and oxygen atoms in total. The molecule has 0 radical (unpaired) electrons. The third kappa shape index (κ3) is 3.44. The summed E-state index contributed by atoms with van der Waals surface area (Å²) >= 11 is 6.26. The number of hydrogen-bond donors (Lipinski definition) is 0. The summed E-state index contributed by atoms with van der Waals surface area (Å²) in [7, 11) is 0. The molecule has 0 atom stereocenters. The first-order valence-electron chi connectivity index (χ1n) is 8.53. The maximum absolute atomic E-state index is 12.4. The van der Waals surface area contributed by atoms with E-state index in [-0.39, 0.29) is 5.91 Å². The van der Waals surface area contributed by atoms with Gasteiger partial charge in [-0.1, -0.05) is 35.9 Å². The Morgan fingerprint density at radius 1 is 1.04 bits per heavy atom. The standard InChI is InChI=1S/C20H18ClN3O2/c21-15-5-1-3-7-17(15)23-11-13-24(14-12-23)20(25)10-9-19-22-16-6-2-4-8-18(16)26-19/h1-10H,11-14H2/b10-9+. The first-order chi connectivity index (χ1) is 12.7. The third-order valence-electron chi connectivity index (χ3n) is 4.46. The number of fused-ring (bicyclic) bond motifs is 1. The van der Waals surface area contributed by atoms with Gasteiger partial charge in [0, 0.05) is 38.3 Å². The van der Waals surface area contributed by atoms with Crippen molar-refractivity contribution < 1.29 is 9.21 Å². The number of hydrogen-bond acceptors (Lipinski definition) is 4. The molecule has 1 saturated heterocycles. The second-order valence-corrected chi connectivity index (χ2v) is 6.52. The molecule has 0 bridgehead atoms. The van der Waals surface area contributed by atoms with Crippen molar-refractivity contribution in [3.05, 3.63) is 65.5 Å². The minimum atomic E-state index is -0.0361. The Kier molecular flexibility index (Phi) is 4.63. The number of amides is 1. The number of carbonyl (C=O) groups excluding carboxylic acids is 1. The van der Waals surface area contributed by atoms with Crippen molar-refractivity contribution in [2.45, 2.75) is 0 Å². The molecule has 0 aliphatic carbocycles. The number of anilines is 1. The van der Waals surface area contributed by atoms with E-state index in [2.05, 4.69) is 9.88 Å². The molecule has 2 aromatic carbocycles. The van der Waals surface area contributed by atoms with E-state index in [9.17, 15) is 4.79 Å². The predicted octanol–water partition coefficient (Wildman–Crippen LogP) is 3.84. The van der Waals surface area contributed by atoms with Gasteiger partial charge in [-0.2, -0.15) is 0 Å². The average Bonchev–Trinajstić information content (AvgIpc) is 3.10. The van der Waals surface area contributed by atoms with Gasteiger partial charge in [0.2, 0.25) is 11.8 Å². The van der Waals surface area contributed by atoms with Gasteiger partial charge in [-0.15, -0.1) is 0 Å². The molecular weight excluding hydrogens is 350 g/mol. The van der Waals surface area contributed by atoms with Crippen molar-refractivity contribution in [3.8, 4) is 0 Å². The molecular formula is C20H18ClN3O2. The quantitative estimate of drug-likeness (QED) is 0.660. The van der Waals surface area contributed by atoms with Crippen molar-refractivity contribution in [2.24, 2.45) is 0 Å². The molecule has 1 fully saturated rings. The van der Waals surface area contributed by atoms with E-state index >= 15 is 0 Å². The van der Waals surface area contributed by atoms with Crippen molar-refractivity contribution in [3.63, 3.8) is 0 Å². The smallest absolute Gasteiger partial charge is 0.246 e. The summed E-state index contributed by atoms with van der Waals surface area (Å²) in [5, 5.41) is 0.739. The van der Waals surface area contributed by atoms with Crippen LogP contribution >= 0.6 is 11.6 Å². The molecule has 3 aromatic rings. The highest BCUT2D eigenvalue weighted by atomic mass is 35.5. The van der Waals surface area contributed by atoms with Crippen molar-refractivity contribution in [1.82, 2.24) is 9.88 Å². The van der Waals surface area contributed by atoms with Crippen LogP contribution in [0.4, 0.5) is 5.69 Å². The van der Waals surface area contributed by atoms with Crippen LogP contribution in [0.2, 0.25) is 5.02 Å². The van der Waals surface area contributed by atoms with Gasteiger partial charge in [0.15, 0.2) is 5.58 Å². The summed E-state index contributed by atoms with van der Waals surface area (Å²) < 4.78 is 5.60. The Hall–Kier alpha value is -2.79. The second-order valence-electron chi connectivity index (χ2n) is 6.12. The van der Waals surface area contributed by atoms with Gasteiger partial charge in [-0.3, -0.25) is 4.79 Å². The number of rotatable bonds is 3. The lowest BCUT2D eigenvalue weighted by Gasteiger charge is -2.36. The minimum absolute atomic E-state index is 0.0361. The highest BCUT2D eigenvalue weighted by Gasteiger charge is 2.21. The van der Waals surface area contributed by atoms with Crippen molar-refractivity contribution in [1.29, 1.82) is 0 Å². The first-order valence-corrected chi connectivity index (χ1v) is 8.90. The topological polar surface area (TPSA) is 49.6 Å². The molecule has 0 N–H and O–H groups in total. The zero-order chi connectivity index (χ0) is 17.9. The van der Waals surface area contributed by atoms with Gasteiger partial charge in [0.05, 0.1) is 10.7 Å². The van der Waals surface area contributed by atoms with Gasteiger partial charge < -0.3 is 14.2 Å². The lowest BCUT2D eigenvalue weighted by atomic mass is 10.2. The summed E-state index contributed by atoms with van der Waals surface area (Å²) in [5.41, 5.74) is 2.52. The average molecular weight is 368 g/mol. The molecule has 0 saturated carbocycles. The highest BCUT2D eigenvalue weighted by Crippen LogP contribution is 2.26. The van der Waals surface area contributed by atoms with Crippen LogP contribution in [0.3, 0.4) is 0 Å². The van der Waals surface area contributed by atoms with Gasteiger partial charge in [-0.05, 0) is 24.3 Å². The maximum Gasteiger partial charge on any atom is 0.246 e. The lowest BCUT2D eigenvalue weighted by molar-refractivity contribution is -0.126. The SMILES string of the molecule is O=C(/C=C/c1nc2ccccc2o1)N1CCN(c2ccccc2Cl)CC1. The molecule has 1 aromatic heterocycles. The molecule has 4 rings (SSSR count). The van der Waals surface area contributed by atoms with Crippen LogP contribution < -0.4 is 4.90 Å². The molecule has 0 spiro atoms. The fourth-order valence-electron chi connectivity index (χ4n) is 3.09. The Bertz CT molecular complexity index is 925. The summed E-state index contributed by atoms with van der Waals surface area (Å²) in [5.74, 6) is 0.403. The summed E-state index contributed by atoms with van der Waals surface area (Å²) in [6, 6.07) is 15.3.